The standard InChI is InChI=1S/C22H32N6/c1-5-8-19(24-21-25-20(26-27-21)17-9-10-17)23-15(4)28-14-22(12-18(28)13-22)11-16(6-2)7-3/h5-6,8,16-18H,2,4,7,9-14H2,1,3H3,(H2,23,24,25,26,27)/b8-5-. The van der Waals surface area contributed by atoms with Gasteiger partial charge in [-0.3, -0.25) is 0 Å². The van der Waals surface area contributed by atoms with Crippen molar-refractivity contribution >= 4 is 11.8 Å². The number of anilines is 1. The van der Waals surface area contributed by atoms with Crippen LogP contribution in [0.15, 0.2) is 42.2 Å². The van der Waals surface area contributed by atoms with Gasteiger partial charge in [0.2, 0.25) is 5.95 Å². The van der Waals surface area contributed by atoms with E-state index in [1.165, 1.54) is 38.5 Å². The van der Waals surface area contributed by atoms with Crippen molar-refractivity contribution in [2.24, 2.45) is 16.3 Å². The van der Waals surface area contributed by atoms with Crippen molar-refractivity contribution in [3.63, 3.8) is 0 Å². The first-order valence-corrected chi connectivity index (χ1v) is 10.5. The van der Waals surface area contributed by atoms with Gasteiger partial charge in [-0.1, -0.05) is 25.7 Å². The summed E-state index contributed by atoms with van der Waals surface area (Å²) in [6, 6.07) is 0.581. The average molecular weight is 381 g/mol. The third kappa shape index (κ3) is 3.77. The van der Waals surface area contributed by atoms with Crippen LogP contribution in [0.25, 0.3) is 0 Å². The molecule has 4 fully saturated rings. The molecule has 6 heteroatoms. The molecule has 2 bridgehead atoms. The van der Waals surface area contributed by atoms with Crippen LogP contribution in [-0.2, 0) is 0 Å². The van der Waals surface area contributed by atoms with Gasteiger partial charge in [-0.25, -0.2) is 4.99 Å². The second-order valence-electron chi connectivity index (χ2n) is 8.67. The van der Waals surface area contributed by atoms with Gasteiger partial charge < -0.3 is 15.2 Å². The van der Waals surface area contributed by atoms with Gasteiger partial charge in [0.15, 0.2) is 0 Å². The van der Waals surface area contributed by atoms with Crippen molar-refractivity contribution in [1.29, 1.82) is 0 Å². The lowest BCUT2D eigenvalue weighted by Crippen LogP contribution is -2.35. The zero-order chi connectivity index (χ0) is 19.7. The molecule has 6 nitrogen and oxygen atoms in total. The normalized spacial score (nSPS) is 27.7. The Morgan fingerprint density at radius 3 is 2.86 bits per heavy atom. The molecule has 1 aromatic heterocycles. The van der Waals surface area contributed by atoms with Gasteiger partial charge in [0.1, 0.15) is 17.5 Å². The molecule has 1 unspecified atom stereocenters. The number of amidine groups is 1. The molecule has 4 aliphatic rings. The Bertz CT molecular complexity index is 794. The number of nitrogens with one attached hydrogen (secondary N) is 2. The van der Waals surface area contributed by atoms with E-state index in [1.54, 1.807) is 0 Å². The fourth-order valence-electron chi connectivity index (χ4n) is 4.72. The second kappa shape index (κ2) is 7.57. The number of H-pyrrole nitrogens is 1. The molecule has 5 rings (SSSR count). The summed E-state index contributed by atoms with van der Waals surface area (Å²) in [7, 11) is 0. The smallest absolute Gasteiger partial charge is 0.227 e. The van der Waals surface area contributed by atoms with Gasteiger partial charge in [0, 0.05) is 18.5 Å². The number of aliphatic imine (C=N–C) groups is 1. The maximum Gasteiger partial charge on any atom is 0.227 e. The lowest BCUT2D eigenvalue weighted by Gasteiger charge is -2.38. The number of allylic oxidation sites excluding steroid dienone is 2. The number of aromatic amines is 1. The Balaban J connectivity index is 1.41. The Morgan fingerprint density at radius 2 is 2.21 bits per heavy atom. The van der Waals surface area contributed by atoms with E-state index in [4.69, 9.17) is 4.99 Å². The Kier molecular flexibility index (Phi) is 5.13. The quantitative estimate of drug-likeness (QED) is 0.373. The van der Waals surface area contributed by atoms with Crippen molar-refractivity contribution < 1.29 is 0 Å². The summed E-state index contributed by atoms with van der Waals surface area (Å²) < 4.78 is 0. The minimum Gasteiger partial charge on any atom is -0.353 e. The second-order valence-corrected chi connectivity index (χ2v) is 8.67. The summed E-state index contributed by atoms with van der Waals surface area (Å²) in [6.07, 6.45) is 13.4. The minimum atomic E-state index is 0.427. The van der Waals surface area contributed by atoms with Crippen molar-refractivity contribution in [2.75, 3.05) is 11.9 Å². The van der Waals surface area contributed by atoms with E-state index in [0.29, 0.717) is 29.2 Å². The number of fused-ring (bicyclic) bond motifs is 1. The van der Waals surface area contributed by atoms with Crippen molar-refractivity contribution in [2.45, 2.75) is 64.3 Å². The summed E-state index contributed by atoms with van der Waals surface area (Å²) in [5, 5.41) is 11.7. The van der Waals surface area contributed by atoms with Crippen molar-refractivity contribution in [3.8, 4) is 0 Å². The number of rotatable bonds is 9. The maximum atomic E-state index is 4.78. The van der Waals surface area contributed by atoms with Crippen molar-refractivity contribution in [3.05, 3.63) is 43.0 Å². The highest BCUT2D eigenvalue weighted by molar-refractivity contribution is 6.03. The van der Waals surface area contributed by atoms with Crippen LogP contribution < -0.4 is 5.32 Å². The predicted molar refractivity (Wildman–Crippen MR) is 114 cm³/mol. The maximum absolute atomic E-state index is 4.78. The van der Waals surface area contributed by atoms with Crippen LogP contribution in [-0.4, -0.2) is 38.5 Å². The van der Waals surface area contributed by atoms with E-state index in [9.17, 15) is 0 Å². The Morgan fingerprint density at radius 1 is 1.43 bits per heavy atom. The first-order valence-electron chi connectivity index (χ1n) is 10.5. The fraction of sp³-hybridized carbons (Fsp3) is 0.591. The van der Waals surface area contributed by atoms with Crippen LogP contribution in [0.2, 0.25) is 0 Å². The van der Waals surface area contributed by atoms with E-state index in [1.807, 2.05) is 19.1 Å². The van der Waals surface area contributed by atoms with E-state index in [-0.39, 0.29) is 0 Å². The number of hydrogen-bond donors (Lipinski definition) is 2. The molecule has 0 amide bonds. The van der Waals surface area contributed by atoms with Crippen LogP contribution in [0.3, 0.4) is 0 Å². The van der Waals surface area contributed by atoms with Gasteiger partial charge in [-0.2, -0.15) is 0 Å². The van der Waals surface area contributed by atoms with Gasteiger partial charge >= 0.3 is 0 Å². The summed E-state index contributed by atoms with van der Waals surface area (Å²) in [5.41, 5.74) is 0.427. The highest BCUT2D eigenvalue weighted by Crippen LogP contribution is 2.56. The molecule has 3 heterocycles. The van der Waals surface area contributed by atoms with E-state index in [2.05, 4.69) is 51.6 Å². The lowest BCUT2D eigenvalue weighted by atomic mass is 9.65. The molecule has 0 spiro atoms. The zero-order valence-corrected chi connectivity index (χ0v) is 17.1. The van der Waals surface area contributed by atoms with Crippen molar-refractivity contribution in [1.82, 2.24) is 20.1 Å². The highest BCUT2D eigenvalue weighted by Gasteiger charge is 2.55. The number of nitrogens with zero attached hydrogens (tertiary/aromatic N) is 4. The highest BCUT2D eigenvalue weighted by atomic mass is 15.3. The van der Waals surface area contributed by atoms with Crippen LogP contribution in [0, 0.1) is 11.3 Å². The van der Waals surface area contributed by atoms with Gasteiger partial charge in [0.05, 0.1) is 0 Å². The largest absolute Gasteiger partial charge is 0.353 e. The molecule has 1 atom stereocenters. The number of hydrogen-bond acceptors (Lipinski definition) is 4. The molecule has 2 N–H and O–H groups in total. The SMILES string of the molecule is C=CC(CC)CC12CC(C1)N(C(=C)/N=C(\C=C/C)Nc1nnc(C3CC3)[nH]1)C2. The molecule has 28 heavy (non-hydrogen) atoms. The summed E-state index contributed by atoms with van der Waals surface area (Å²) in [6.45, 7) is 13.6. The summed E-state index contributed by atoms with van der Waals surface area (Å²) in [4.78, 5) is 10.4. The van der Waals surface area contributed by atoms with Crippen LogP contribution in [0.4, 0.5) is 5.95 Å². The summed E-state index contributed by atoms with van der Waals surface area (Å²) in [5.74, 6) is 4.35. The minimum absolute atomic E-state index is 0.427. The molecule has 0 radical (unpaired) electrons. The van der Waals surface area contributed by atoms with Gasteiger partial charge in [0.25, 0.3) is 0 Å². The first kappa shape index (κ1) is 19.0. The monoisotopic (exact) mass is 380 g/mol. The molecule has 2 aliphatic heterocycles. The van der Waals surface area contributed by atoms with E-state index >= 15 is 0 Å². The zero-order valence-electron chi connectivity index (χ0n) is 17.1. The number of aromatic nitrogens is 3. The van der Waals surface area contributed by atoms with E-state index < -0.39 is 0 Å². The van der Waals surface area contributed by atoms with Gasteiger partial charge in [-0.05, 0) is 62.9 Å². The first-order chi connectivity index (χ1) is 13.6. The molecule has 2 saturated heterocycles. The van der Waals surface area contributed by atoms with Crippen LogP contribution in [0.1, 0.15) is 64.1 Å². The van der Waals surface area contributed by atoms with E-state index in [0.717, 1.165) is 24.0 Å². The fourth-order valence-corrected chi connectivity index (χ4v) is 4.72. The molecule has 2 aliphatic carbocycles. The third-order valence-corrected chi connectivity index (χ3v) is 6.46. The van der Waals surface area contributed by atoms with Gasteiger partial charge in [-0.15, -0.1) is 16.8 Å². The summed E-state index contributed by atoms with van der Waals surface area (Å²) >= 11 is 0. The lowest BCUT2D eigenvalue weighted by molar-refractivity contribution is 0.151. The topological polar surface area (TPSA) is 69.2 Å². The Hall–Kier alpha value is -2.37. The molecular formula is C22H32N6. The molecule has 150 valence electrons. The average Bonchev–Trinajstić information content (AvgIpc) is 3.14. The predicted octanol–water partition coefficient (Wildman–Crippen LogP) is 4.61. The molecule has 0 aromatic carbocycles. The van der Waals surface area contributed by atoms with Crippen LogP contribution >= 0.6 is 0 Å². The third-order valence-electron chi connectivity index (χ3n) is 6.46. The molecular weight excluding hydrogens is 348 g/mol. The Labute approximate surface area is 167 Å². The molecule has 2 saturated carbocycles. The molecule has 1 aromatic rings. The van der Waals surface area contributed by atoms with Crippen LogP contribution in [0.5, 0.6) is 0 Å².